The van der Waals surface area contributed by atoms with Gasteiger partial charge >= 0.3 is 5.97 Å². The number of hydrogen-bond acceptors (Lipinski definition) is 5. The van der Waals surface area contributed by atoms with E-state index >= 15 is 0 Å². The number of H-pyrrole nitrogens is 1. The number of hydrogen-bond donors (Lipinski definition) is 2. The highest BCUT2D eigenvalue weighted by Gasteiger charge is 2.66. The van der Waals surface area contributed by atoms with E-state index < -0.39 is 0 Å². The van der Waals surface area contributed by atoms with Gasteiger partial charge in [-0.1, -0.05) is 71.4 Å². The summed E-state index contributed by atoms with van der Waals surface area (Å²) in [5, 5.41) is 3.36. The van der Waals surface area contributed by atoms with Crippen molar-refractivity contribution in [2.45, 2.75) is 131 Å². The number of nitrogens with zero attached hydrogens (tertiary/aromatic N) is 1. The molecule has 2 N–H and O–H groups in total. The first-order valence-electron chi connectivity index (χ1n) is 19.4. The van der Waals surface area contributed by atoms with E-state index in [9.17, 15) is 14.4 Å². The first-order chi connectivity index (χ1) is 23.4. The van der Waals surface area contributed by atoms with Gasteiger partial charge in [-0.3, -0.25) is 9.59 Å². The summed E-state index contributed by atoms with van der Waals surface area (Å²) in [4.78, 5) is 46.3. The number of esters is 1. The Morgan fingerprint density at radius 2 is 1.69 bits per heavy atom. The number of carbonyl (C=O) groups excluding carboxylic acids is 3. The van der Waals surface area contributed by atoms with Crippen LogP contribution in [0.25, 0.3) is 11.3 Å². The second-order valence-corrected chi connectivity index (χ2v) is 18.2. The van der Waals surface area contributed by atoms with Crippen LogP contribution in [0.1, 0.15) is 124 Å². The topological polar surface area (TPSA) is 101 Å². The average molecular weight is 670 g/mol. The Balaban J connectivity index is 1.01. The fourth-order valence-corrected chi connectivity index (χ4v) is 12.8. The second-order valence-electron chi connectivity index (χ2n) is 18.2. The maximum Gasteiger partial charge on any atom is 0.306 e. The van der Waals surface area contributed by atoms with Crippen molar-refractivity contribution in [1.82, 2.24) is 15.3 Å². The van der Waals surface area contributed by atoms with Gasteiger partial charge in [0.2, 0.25) is 5.91 Å². The van der Waals surface area contributed by atoms with Gasteiger partial charge in [-0.25, -0.2) is 4.98 Å². The van der Waals surface area contributed by atoms with Crippen molar-refractivity contribution in [2.75, 3.05) is 0 Å². The van der Waals surface area contributed by atoms with E-state index in [1.165, 1.54) is 32.1 Å². The molecule has 7 heteroatoms. The third-order valence-electron chi connectivity index (χ3n) is 15.2. The molecule has 7 nitrogen and oxygen atoms in total. The lowest BCUT2D eigenvalue weighted by molar-refractivity contribution is -0.202. The van der Waals surface area contributed by atoms with Gasteiger partial charge < -0.3 is 19.8 Å². The predicted molar refractivity (Wildman–Crippen MR) is 191 cm³/mol. The second kappa shape index (κ2) is 13.0. The van der Waals surface area contributed by atoms with Gasteiger partial charge in [0.05, 0.1) is 30.3 Å². The van der Waals surface area contributed by atoms with Crippen LogP contribution < -0.4 is 5.32 Å². The number of fused-ring (bicyclic) bond motifs is 7. The highest BCUT2D eigenvalue weighted by Crippen LogP contribution is 2.71. The van der Waals surface area contributed by atoms with Crippen LogP contribution in [0.15, 0.2) is 36.5 Å². The van der Waals surface area contributed by atoms with Gasteiger partial charge in [-0.2, -0.15) is 0 Å². The summed E-state index contributed by atoms with van der Waals surface area (Å²) < 4.78 is 6.18. The molecule has 2 aromatic rings. The summed E-state index contributed by atoms with van der Waals surface area (Å²) in [6.07, 6.45) is 15.9. The molecule has 0 spiro atoms. The zero-order chi connectivity index (χ0) is 34.6. The van der Waals surface area contributed by atoms with E-state index in [-0.39, 0.29) is 34.2 Å². The normalized spacial score (nSPS) is 38.3. The molecule has 10 unspecified atom stereocenters. The number of amides is 1. The summed E-state index contributed by atoms with van der Waals surface area (Å²) in [7, 11) is 0. The van der Waals surface area contributed by atoms with Gasteiger partial charge in [0.1, 0.15) is 18.2 Å². The molecule has 1 amide bonds. The van der Waals surface area contributed by atoms with Gasteiger partial charge in [0.15, 0.2) is 0 Å². The van der Waals surface area contributed by atoms with Gasteiger partial charge in [-0.15, -0.1) is 0 Å². The molecule has 5 fully saturated rings. The molecule has 1 heterocycles. The standard InChI is InChI=1S/C42H59N3O4/c1-27-30-15-19-41(5)31-16-21-42(38(48)44-26-36-43-25-33(45-36)28-10-7-6-8-11-28)18-9-12-32(42)29(31)13-14-35(41)40(30,4)20-17-34(27)49-37(47)24-39(2,3)22-23-46/h6-8,10-11,23,25,27,29-32,34-35H,9,12-22,24,26H2,1-5H3,(H,43,45)(H,44,48). The highest BCUT2D eigenvalue weighted by atomic mass is 16.5. The molecule has 10 atom stereocenters. The van der Waals surface area contributed by atoms with Crippen molar-refractivity contribution in [2.24, 2.45) is 57.2 Å². The van der Waals surface area contributed by atoms with Crippen LogP contribution in [0, 0.1) is 57.2 Å². The summed E-state index contributed by atoms with van der Waals surface area (Å²) in [6.45, 7) is 11.9. The Labute approximate surface area is 293 Å². The van der Waals surface area contributed by atoms with Gasteiger partial charge in [0.25, 0.3) is 0 Å². The predicted octanol–water partition coefficient (Wildman–Crippen LogP) is 8.69. The molecular weight excluding hydrogens is 610 g/mol. The quantitative estimate of drug-likeness (QED) is 0.206. The van der Waals surface area contributed by atoms with Crippen LogP contribution >= 0.6 is 0 Å². The molecule has 266 valence electrons. The molecular formula is C42H59N3O4. The molecule has 0 radical (unpaired) electrons. The Bertz CT molecular complexity index is 1540. The van der Waals surface area contributed by atoms with Crippen LogP contribution in [0.5, 0.6) is 0 Å². The number of benzene rings is 1. The Morgan fingerprint density at radius 1 is 0.959 bits per heavy atom. The Hall–Kier alpha value is -2.96. The number of nitrogens with one attached hydrogen (secondary N) is 2. The van der Waals surface area contributed by atoms with Crippen LogP contribution in [0.3, 0.4) is 0 Å². The summed E-state index contributed by atoms with van der Waals surface area (Å²) >= 11 is 0. The number of rotatable bonds is 9. The molecule has 5 aliphatic carbocycles. The zero-order valence-corrected chi connectivity index (χ0v) is 30.6. The van der Waals surface area contributed by atoms with E-state index in [2.05, 4.69) is 48.2 Å². The highest BCUT2D eigenvalue weighted by molar-refractivity contribution is 5.83. The first kappa shape index (κ1) is 34.5. The third kappa shape index (κ3) is 5.99. The molecule has 0 bridgehead atoms. The lowest BCUT2D eigenvalue weighted by Crippen LogP contribution is -2.62. The van der Waals surface area contributed by atoms with Crippen LogP contribution in [-0.4, -0.2) is 34.2 Å². The molecule has 5 aliphatic rings. The number of aldehydes is 1. The van der Waals surface area contributed by atoms with Crippen molar-refractivity contribution in [3.05, 3.63) is 42.4 Å². The maximum atomic E-state index is 14.2. The summed E-state index contributed by atoms with van der Waals surface area (Å²) in [5.41, 5.74) is 2.03. The monoisotopic (exact) mass is 669 g/mol. The Kier molecular flexibility index (Phi) is 9.13. The van der Waals surface area contributed by atoms with Crippen molar-refractivity contribution in [1.29, 1.82) is 0 Å². The molecule has 0 aliphatic heterocycles. The van der Waals surface area contributed by atoms with Crippen LogP contribution in [0.2, 0.25) is 0 Å². The van der Waals surface area contributed by atoms with Crippen molar-refractivity contribution < 1.29 is 19.1 Å². The molecule has 1 aromatic carbocycles. The molecule has 1 aromatic heterocycles. The molecule has 49 heavy (non-hydrogen) atoms. The van der Waals surface area contributed by atoms with Crippen molar-refractivity contribution in [3.8, 4) is 11.3 Å². The average Bonchev–Trinajstić information content (AvgIpc) is 3.73. The number of aromatic amines is 1. The van der Waals surface area contributed by atoms with Crippen LogP contribution in [-0.2, 0) is 25.7 Å². The summed E-state index contributed by atoms with van der Waals surface area (Å²) in [5.74, 6) is 4.26. The van der Waals surface area contributed by atoms with E-state index in [1.807, 2.05) is 38.2 Å². The number of aromatic nitrogens is 2. The fourth-order valence-electron chi connectivity index (χ4n) is 12.8. The lowest BCUT2D eigenvalue weighted by Gasteiger charge is -2.67. The number of ether oxygens (including phenoxy) is 1. The van der Waals surface area contributed by atoms with E-state index in [4.69, 9.17) is 4.74 Å². The first-order valence-corrected chi connectivity index (χ1v) is 19.4. The molecule has 5 saturated carbocycles. The van der Waals surface area contributed by atoms with Crippen LogP contribution in [0.4, 0.5) is 0 Å². The lowest BCUT2D eigenvalue weighted by atomic mass is 9.37. The minimum atomic E-state index is -0.361. The minimum absolute atomic E-state index is 0.0308. The minimum Gasteiger partial charge on any atom is -0.462 e. The number of carbonyl (C=O) groups is 3. The summed E-state index contributed by atoms with van der Waals surface area (Å²) in [6, 6.07) is 10.2. The zero-order valence-electron chi connectivity index (χ0n) is 30.6. The largest absolute Gasteiger partial charge is 0.462 e. The van der Waals surface area contributed by atoms with Gasteiger partial charge in [0, 0.05) is 6.42 Å². The molecule has 0 saturated heterocycles. The fraction of sp³-hybridized carbons (Fsp3) is 0.714. The van der Waals surface area contributed by atoms with Crippen molar-refractivity contribution in [3.63, 3.8) is 0 Å². The third-order valence-corrected chi connectivity index (χ3v) is 15.2. The Morgan fingerprint density at radius 3 is 2.47 bits per heavy atom. The van der Waals surface area contributed by atoms with E-state index in [0.717, 1.165) is 61.9 Å². The van der Waals surface area contributed by atoms with E-state index in [1.54, 1.807) is 0 Å². The van der Waals surface area contributed by atoms with Gasteiger partial charge in [-0.05, 0) is 122 Å². The van der Waals surface area contributed by atoms with E-state index in [0.29, 0.717) is 60.3 Å². The maximum absolute atomic E-state index is 14.2. The van der Waals surface area contributed by atoms with Crippen molar-refractivity contribution >= 4 is 18.2 Å². The SMILES string of the molecule is CC1C(OC(=O)CC(C)(C)CC=O)CCC2(C)C1CCC1(C)C3CCC4(C(=O)NCc5ncc(-c6ccccc6)[nH]5)CCCC4C3CCC21. The number of imidazole rings is 1. The smallest absolute Gasteiger partial charge is 0.306 e. The molecule has 7 rings (SSSR count).